The molecule has 0 aliphatic heterocycles. The molecule has 0 aliphatic rings. The highest BCUT2D eigenvalue weighted by Crippen LogP contribution is 2.25. The van der Waals surface area contributed by atoms with E-state index in [0.29, 0.717) is 16.9 Å². The number of hydrogen-bond acceptors (Lipinski definition) is 5. The number of nitrogens with zero attached hydrogens (tertiary/aromatic N) is 1. The molecule has 0 radical (unpaired) electrons. The Morgan fingerprint density at radius 3 is 2.27 bits per heavy atom. The second-order valence-corrected chi connectivity index (χ2v) is 7.28. The molecule has 10 heteroatoms. The van der Waals surface area contributed by atoms with Gasteiger partial charge in [0.1, 0.15) is 5.02 Å². The largest absolute Gasteiger partial charge is 0.332 e. The van der Waals surface area contributed by atoms with Crippen LogP contribution in [0.15, 0.2) is 48.5 Å². The summed E-state index contributed by atoms with van der Waals surface area (Å²) in [6, 6.07) is 11.0. The normalized spacial score (nSPS) is 10.7. The van der Waals surface area contributed by atoms with Gasteiger partial charge in [0.2, 0.25) is 11.8 Å². The van der Waals surface area contributed by atoms with Gasteiger partial charge in [-0.05, 0) is 54.2 Å². The zero-order valence-electron chi connectivity index (χ0n) is 16.1. The van der Waals surface area contributed by atoms with E-state index in [0.717, 1.165) is 0 Å². The highest BCUT2D eigenvalue weighted by Gasteiger charge is 2.12. The van der Waals surface area contributed by atoms with Crippen molar-refractivity contribution in [2.24, 2.45) is 5.92 Å². The van der Waals surface area contributed by atoms with Gasteiger partial charge in [-0.1, -0.05) is 31.5 Å². The van der Waals surface area contributed by atoms with Crippen molar-refractivity contribution in [3.05, 3.63) is 69.2 Å². The van der Waals surface area contributed by atoms with Crippen molar-refractivity contribution in [1.82, 2.24) is 5.32 Å². The monoisotopic (exact) mass is 446 g/mol. The summed E-state index contributed by atoms with van der Waals surface area (Å²) in [5.74, 6) is -0.722. The molecular formula is C20H19ClN4O4S. The van der Waals surface area contributed by atoms with Gasteiger partial charge in [0.25, 0.3) is 5.69 Å². The predicted octanol–water partition coefficient (Wildman–Crippen LogP) is 4.37. The van der Waals surface area contributed by atoms with E-state index >= 15 is 0 Å². The van der Waals surface area contributed by atoms with Gasteiger partial charge in [0.05, 0.1) is 4.92 Å². The molecule has 0 aliphatic carbocycles. The lowest BCUT2D eigenvalue weighted by atomic mass is 10.2. The molecule has 3 N–H and O–H groups in total. The van der Waals surface area contributed by atoms with Crippen LogP contribution < -0.4 is 16.0 Å². The highest BCUT2D eigenvalue weighted by atomic mass is 35.5. The molecule has 8 nitrogen and oxygen atoms in total. The Kier molecular flexibility index (Phi) is 8.02. The lowest BCUT2D eigenvalue weighted by Crippen LogP contribution is -2.32. The summed E-state index contributed by atoms with van der Waals surface area (Å²) in [5.41, 5.74) is 1.47. The van der Waals surface area contributed by atoms with Crippen LogP contribution in [0.3, 0.4) is 0 Å². The van der Waals surface area contributed by atoms with Crippen molar-refractivity contribution >= 4 is 63.9 Å². The maximum Gasteiger partial charge on any atom is 0.288 e. The van der Waals surface area contributed by atoms with Crippen LogP contribution in [0, 0.1) is 16.0 Å². The van der Waals surface area contributed by atoms with Crippen LogP contribution in [0.4, 0.5) is 17.1 Å². The third-order valence-corrected chi connectivity index (χ3v) is 4.29. The zero-order chi connectivity index (χ0) is 22.3. The number of carbonyl (C=O) groups excluding carboxylic acids is 2. The van der Waals surface area contributed by atoms with E-state index < -0.39 is 10.8 Å². The summed E-state index contributed by atoms with van der Waals surface area (Å²) in [4.78, 5) is 34.0. The number of hydrogen-bond donors (Lipinski definition) is 3. The first-order valence-corrected chi connectivity index (χ1v) is 9.59. The van der Waals surface area contributed by atoms with Crippen molar-refractivity contribution in [1.29, 1.82) is 0 Å². The maximum atomic E-state index is 12.0. The molecule has 2 rings (SSSR count). The lowest BCUT2D eigenvalue weighted by molar-refractivity contribution is -0.384. The van der Waals surface area contributed by atoms with Crippen LogP contribution in [-0.4, -0.2) is 21.9 Å². The molecule has 0 bridgehead atoms. The van der Waals surface area contributed by atoms with Crippen LogP contribution >= 0.6 is 23.8 Å². The van der Waals surface area contributed by atoms with Crippen molar-refractivity contribution in [3.63, 3.8) is 0 Å². The molecular weight excluding hydrogens is 428 g/mol. The lowest BCUT2D eigenvalue weighted by Gasteiger charge is -2.10. The standard InChI is InChI=1S/C20H19ClN4O4S/c1-12(2)19(27)22-14-5-7-15(8-6-14)23-20(30)24-18(26)10-4-13-3-9-16(21)17(11-13)25(28)29/h3-12H,1-2H3,(H,22,27)(H2,23,24,26,30)/b10-4+. The average molecular weight is 447 g/mol. The molecule has 0 heterocycles. The summed E-state index contributed by atoms with van der Waals surface area (Å²) in [7, 11) is 0. The van der Waals surface area contributed by atoms with E-state index in [2.05, 4.69) is 16.0 Å². The second kappa shape index (κ2) is 10.5. The summed E-state index contributed by atoms with van der Waals surface area (Å²) in [6.07, 6.45) is 2.61. The van der Waals surface area contributed by atoms with E-state index in [1.54, 1.807) is 44.2 Å². The quantitative estimate of drug-likeness (QED) is 0.263. The Morgan fingerprint density at radius 1 is 1.10 bits per heavy atom. The SMILES string of the molecule is CC(C)C(=O)Nc1ccc(NC(=S)NC(=O)/C=C/c2ccc(Cl)c([N+](=O)[O-])c2)cc1. The number of carbonyl (C=O) groups is 2. The molecule has 0 saturated heterocycles. The van der Waals surface area contributed by atoms with Gasteiger partial charge in [0.15, 0.2) is 5.11 Å². The number of amides is 2. The Labute approximate surface area is 183 Å². The molecule has 30 heavy (non-hydrogen) atoms. The maximum absolute atomic E-state index is 12.0. The number of rotatable bonds is 6. The number of nitro benzene ring substituents is 1. The Hall–Kier alpha value is -3.30. The molecule has 0 fully saturated rings. The minimum Gasteiger partial charge on any atom is -0.332 e. The van der Waals surface area contributed by atoms with E-state index in [1.165, 1.54) is 24.3 Å². The van der Waals surface area contributed by atoms with Gasteiger partial charge in [-0.15, -0.1) is 0 Å². The molecule has 2 aromatic rings. The topological polar surface area (TPSA) is 113 Å². The molecule has 0 spiro atoms. The summed E-state index contributed by atoms with van der Waals surface area (Å²) < 4.78 is 0. The average Bonchev–Trinajstić information content (AvgIpc) is 2.68. The molecule has 2 aromatic carbocycles. The summed E-state index contributed by atoms with van der Waals surface area (Å²) in [6.45, 7) is 3.60. The van der Waals surface area contributed by atoms with Gasteiger partial charge in [-0.25, -0.2) is 0 Å². The fourth-order valence-corrected chi connectivity index (χ4v) is 2.59. The molecule has 0 aromatic heterocycles. The van der Waals surface area contributed by atoms with Crippen LogP contribution in [-0.2, 0) is 9.59 Å². The van der Waals surface area contributed by atoms with Crippen molar-refractivity contribution < 1.29 is 14.5 Å². The number of thiocarbonyl (C=S) groups is 1. The number of nitrogens with one attached hydrogen (secondary N) is 3. The zero-order valence-corrected chi connectivity index (χ0v) is 17.7. The Bertz CT molecular complexity index is 1010. The van der Waals surface area contributed by atoms with Gasteiger partial charge in [-0.2, -0.15) is 0 Å². The molecule has 156 valence electrons. The highest BCUT2D eigenvalue weighted by molar-refractivity contribution is 7.80. The first kappa shape index (κ1) is 23.0. The number of benzene rings is 2. The number of halogens is 1. The van der Waals surface area contributed by atoms with Gasteiger partial charge in [-0.3, -0.25) is 25.0 Å². The Morgan fingerprint density at radius 2 is 1.70 bits per heavy atom. The Balaban J connectivity index is 1.91. The van der Waals surface area contributed by atoms with Crippen LogP contribution in [0.1, 0.15) is 19.4 Å². The molecule has 0 unspecified atom stereocenters. The molecule has 0 atom stereocenters. The van der Waals surface area contributed by atoms with Gasteiger partial charge < -0.3 is 10.6 Å². The van der Waals surface area contributed by atoms with Crippen LogP contribution in [0.2, 0.25) is 5.02 Å². The van der Waals surface area contributed by atoms with E-state index in [-0.39, 0.29) is 27.6 Å². The van der Waals surface area contributed by atoms with Crippen LogP contribution in [0.5, 0.6) is 0 Å². The fourth-order valence-electron chi connectivity index (χ4n) is 2.18. The third-order valence-electron chi connectivity index (χ3n) is 3.77. The predicted molar refractivity (Wildman–Crippen MR) is 121 cm³/mol. The number of nitro groups is 1. The van der Waals surface area contributed by atoms with Crippen LogP contribution in [0.25, 0.3) is 6.08 Å². The van der Waals surface area contributed by atoms with Crippen molar-refractivity contribution in [2.45, 2.75) is 13.8 Å². The fraction of sp³-hybridized carbons (Fsp3) is 0.150. The molecule has 0 saturated carbocycles. The van der Waals surface area contributed by atoms with Crippen molar-refractivity contribution in [3.8, 4) is 0 Å². The van der Waals surface area contributed by atoms with Gasteiger partial charge >= 0.3 is 0 Å². The second-order valence-electron chi connectivity index (χ2n) is 6.47. The third kappa shape index (κ3) is 6.94. The van der Waals surface area contributed by atoms with E-state index in [4.69, 9.17) is 23.8 Å². The first-order valence-electron chi connectivity index (χ1n) is 8.80. The van der Waals surface area contributed by atoms with E-state index in [1.807, 2.05) is 0 Å². The minimum atomic E-state index is -0.599. The minimum absolute atomic E-state index is 0.0155. The van der Waals surface area contributed by atoms with Crippen molar-refractivity contribution in [2.75, 3.05) is 10.6 Å². The first-order chi connectivity index (χ1) is 14.2. The molecule has 2 amide bonds. The summed E-state index contributed by atoms with van der Waals surface area (Å²) in [5, 5.41) is 19.1. The van der Waals surface area contributed by atoms with Gasteiger partial charge in [0, 0.05) is 29.4 Å². The van der Waals surface area contributed by atoms with E-state index in [9.17, 15) is 19.7 Å². The number of anilines is 2. The smallest absolute Gasteiger partial charge is 0.288 e. The summed E-state index contributed by atoms with van der Waals surface area (Å²) >= 11 is 10.9.